The molecule has 0 amide bonds. The van der Waals surface area contributed by atoms with Gasteiger partial charge in [0.15, 0.2) is 16.1 Å². The van der Waals surface area contributed by atoms with Crippen molar-refractivity contribution in [1.82, 2.24) is 0 Å². The fourth-order valence-electron chi connectivity index (χ4n) is 8.90. The molecule has 3 heteroatoms. The fourth-order valence-corrected chi connectivity index (χ4v) is 19.7. The molecule has 9 aromatic carbocycles. The van der Waals surface area contributed by atoms with Crippen LogP contribution >= 0.6 is 15.9 Å². The van der Waals surface area contributed by atoms with Crippen LogP contribution in [-0.2, 0) is 0 Å². The summed E-state index contributed by atoms with van der Waals surface area (Å²) >= 11 is 4.18. The highest BCUT2D eigenvalue weighted by atomic mass is 79.9. The average molecular weight is 826 g/mol. The molecular weight excluding hydrogens is 785 g/mol. The Hall–Kier alpha value is -6.11. The summed E-state index contributed by atoms with van der Waals surface area (Å²) in [5.41, 5.74) is 4.89. The molecule has 0 heterocycles. The lowest BCUT2D eigenvalue weighted by atomic mass is 10.1. The van der Waals surface area contributed by atoms with Crippen LogP contribution in [0.25, 0.3) is 22.3 Å². The highest BCUT2D eigenvalue weighted by Crippen LogP contribution is 2.23. The van der Waals surface area contributed by atoms with Crippen LogP contribution < -0.4 is 41.5 Å². The van der Waals surface area contributed by atoms with Gasteiger partial charge in [0.05, 0.1) is 0 Å². The quantitative estimate of drug-likeness (QED) is 0.0959. The van der Waals surface area contributed by atoms with Gasteiger partial charge in [0.2, 0.25) is 0 Å². The molecule has 0 nitrogen and oxygen atoms in total. The largest absolute Gasteiger partial charge is 0.179 e. The molecule has 0 aliphatic heterocycles. The van der Waals surface area contributed by atoms with E-state index < -0.39 is 16.1 Å². The molecule has 0 atom stereocenters. The molecule has 0 aromatic heterocycles. The molecule has 0 fully saturated rings. The molecule has 0 bridgehead atoms. The van der Waals surface area contributed by atoms with Crippen molar-refractivity contribution in [1.29, 1.82) is 0 Å². The van der Waals surface area contributed by atoms with E-state index in [4.69, 9.17) is 0 Å². The summed E-state index contributed by atoms with van der Waals surface area (Å²) in [7, 11) is -5.96. The van der Waals surface area contributed by atoms with Gasteiger partial charge < -0.3 is 0 Å². The van der Waals surface area contributed by atoms with Crippen molar-refractivity contribution in [2.75, 3.05) is 0 Å². The Morgan fingerprint density at radius 1 is 0.211 bits per heavy atom. The van der Waals surface area contributed by atoms with Gasteiger partial charge in [-0.05, 0) is 75.9 Å². The van der Waals surface area contributed by atoms with Crippen LogP contribution in [0.15, 0.2) is 253 Å². The Kier molecular flexibility index (Phi) is 10.4. The summed E-state index contributed by atoms with van der Waals surface area (Å²) in [5, 5.41) is 10.8. The van der Waals surface area contributed by atoms with Crippen LogP contribution in [0.1, 0.15) is 0 Å². The summed E-state index contributed by atoms with van der Waals surface area (Å²) in [6.07, 6.45) is 0. The molecule has 57 heavy (non-hydrogen) atoms. The molecule has 0 unspecified atom stereocenters. The normalized spacial score (nSPS) is 11.6. The van der Waals surface area contributed by atoms with Crippen molar-refractivity contribution in [2.45, 2.75) is 0 Å². The van der Waals surface area contributed by atoms with E-state index in [0.717, 1.165) is 4.47 Å². The van der Waals surface area contributed by atoms with Gasteiger partial charge in [-0.2, -0.15) is 0 Å². The maximum Gasteiger partial charge on any atom is 0.179 e. The molecule has 0 N–H and O–H groups in total. The minimum absolute atomic E-state index is 1.08. The van der Waals surface area contributed by atoms with Crippen LogP contribution in [0, 0.1) is 0 Å². The number of rotatable bonds is 10. The lowest BCUT2D eigenvalue weighted by molar-refractivity contribution is 1.61. The summed E-state index contributed by atoms with van der Waals surface area (Å²) in [6, 6.07) is 92.8. The zero-order valence-electron chi connectivity index (χ0n) is 31.5. The molecule has 0 aliphatic carbocycles. The predicted molar refractivity (Wildman–Crippen MR) is 252 cm³/mol. The van der Waals surface area contributed by atoms with Crippen molar-refractivity contribution in [2.24, 2.45) is 0 Å². The summed E-state index contributed by atoms with van der Waals surface area (Å²) in [6.45, 7) is 0. The van der Waals surface area contributed by atoms with E-state index in [1.165, 1.54) is 63.7 Å². The second-order valence-electron chi connectivity index (χ2n) is 14.6. The Bertz CT molecular complexity index is 2450. The lowest BCUT2D eigenvalue weighted by Gasteiger charge is -2.38. The SMILES string of the molecule is Brc1cc([Si](c2ccccc2)(c2ccccc2)c2cccc(-c3ccccc3)c2)cc([Si](c2ccccc2)(c2ccccc2)c2cccc(-c3ccccc3)c2)c1. The first kappa shape index (κ1) is 36.5. The Labute approximate surface area is 347 Å². The first-order valence-corrected chi connectivity index (χ1v) is 24.3. The standard InChI is InChI=1S/C54H41BrSi2/c55-46-39-53(56(47-27-11-3-12-28-47,48-29-13-4-14-30-48)51-35-19-25-44(37-51)42-21-7-1-8-22-42)41-54(40-46)57(49-31-15-5-16-32-49,50-33-17-6-18-34-50)52-36-20-26-45(38-52)43-23-9-2-10-24-43/h1-41H. The maximum atomic E-state index is 4.18. The first-order valence-electron chi connectivity index (χ1n) is 19.5. The van der Waals surface area contributed by atoms with Gasteiger partial charge in [0.25, 0.3) is 0 Å². The van der Waals surface area contributed by atoms with Crippen LogP contribution in [0.4, 0.5) is 0 Å². The predicted octanol–water partition coefficient (Wildman–Crippen LogP) is 8.54. The highest BCUT2D eigenvalue weighted by molar-refractivity contribution is 9.10. The van der Waals surface area contributed by atoms with Gasteiger partial charge in [-0.15, -0.1) is 0 Å². The molecule has 9 rings (SSSR count). The Balaban J connectivity index is 1.40. The van der Waals surface area contributed by atoms with Crippen molar-refractivity contribution in [3.63, 3.8) is 0 Å². The average Bonchev–Trinajstić information content (AvgIpc) is 3.29. The number of hydrogen-bond donors (Lipinski definition) is 0. The van der Waals surface area contributed by atoms with E-state index in [0.29, 0.717) is 0 Å². The second-order valence-corrected chi connectivity index (χ2v) is 23.1. The van der Waals surface area contributed by atoms with Crippen molar-refractivity contribution in [3.8, 4) is 22.3 Å². The Morgan fingerprint density at radius 2 is 0.474 bits per heavy atom. The zero-order chi connectivity index (χ0) is 38.5. The van der Waals surface area contributed by atoms with Crippen LogP contribution in [0.5, 0.6) is 0 Å². The maximum absolute atomic E-state index is 4.18. The van der Waals surface area contributed by atoms with Crippen molar-refractivity contribution >= 4 is 73.6 Å². The smallest absolute Gasteiger partial charge is 0.0623 e. The van der Waals surface area contributed by atoms with Gasteiger partial charge in [-0.3, -0.25) is 0 Å². The van der Waals surface area contributed by atoms with Gasteiger partial charge in [-0.25, -0.2) is 0 Å². The fraction of sp³-hybridized carbons (Fsp3) is 0. The zero-order valence-corrected chi connectivity index (χ0v) is 35.1. The van der Waals surface area contributed by atoms with Crippen LogP contribution in [-0.4, -0.2) is 16.1 Å². The molecule has 0 saturated heterocycles. The monoisotopic (exact) mass is 824 g/mol. The van der Waals surface area contributed by atoms with E-state index >= 15 is 0 Å². The van der Waals surface area contributed by atoms with Gasteiger partial charge >= 0.3 is 0 Å². The third kappa shape index (κ3) is 6.78. The van der Waals surface area contributed by atoms with E-state index in [9.17, 15) is 0 Å². The first-order chi connectivity index (χ1) is 28.2. The topological polar surface area (TPSA) is 0 Å². The third-order valence-electron chi connectivity index (χ3n) is 11.4. The minimum Gasteiger partial charge on any atom is -0.0623 e. The lowest BCUT2D eigenvalue weighted by Crippen LogP contribution is -2.78. The minimum atomic E-state index is -2.98. The van der Waals surface area contributed by atoms with Gasteiger partial charge in [0, 0.05) is 4.47 Å². The molecule has 0 saturated carbocycles. The number of hydrogen-bond acceptors (Lipinski definition) is 0. The third-order valence-corrected chi connectivity index (χ3v) is 21.3. The van der Waals surface area contributed by atoms with Gasteiger partial charge in [0.1, 0.15) is 0 Å². The molecule has 0 spiro atoms. The highest BCUT2D eigenvalue weighted by Gasteiger charge is 2.46. The number of benzene rings is 9. The molecule has 9 aromatic rings. The molecule has 0 aliphatic rings. The van der Waals surface area contributed by atoms with E-state index in [1.54, 1.807) is 0 Å². The molecule has 272 valence electrons. The summed E-state index contributed by atoms with van der Waals surface area (Å²) in [4.78, 5) is 0. The summed E-state index contributed by atoms with van der Waals surface area (Å²) < 4.78 is 1.08. The van der Waals surface area contributed by atoms with E-state index in [-0.39, 0.29) is 0 Å². The van der Waals surface area contributed by atoms with Gasteiger partial charge in [-0.1, -0.05) is 253 Å². The Morgan fingerprint density at radius 3 is 0.789 bits per heavy atom. The molecule has 0 radical (unpaired) electrons. The second kappa shape index (κ2) is 16.2. The molecular formula is C54H41BrSi2. The summed E-state index contributed by atoms with van der Waals surface area (Å²) in [5.74, 6) is 0. The van der Waals surface area contributed by atoms with Crippen LogP contribution in [0.2, 0.25) is 0 Å². The van der Waals surface area contributed by atoms with E-state index in [1.807, 2.05) is 0 Å². The number of halogens is 1. The van der Waals surface area contributed by atoms with Crippen molar-refractivity contribution < 1.29 is 0 Å². The van der Waals surface area contributed by atoms with E-state index in [2.05, 4.69) is 265 Å². The van der Waals surface area contributed by atoms with Crippen molar-refractivity contribution in [3.05, 3.63) is 253 Å². The van der Waals surface area contributed by atoms with Crippen LogP contribution in [0.3, 0.4) is 0 Å².